The predicted octanol–water partition coefficient (Wildman–Crippen LogP) is 4.91. The van der Waals surface area contributed by atoms with Crippen LogP contribution in [-0.4, -0.2) is 0 Å². The summed E-state index contributed by atoms with van der Waals surface area (Å²) in [6.07, 6.45) is -0.491. The maximum atomic E-state index is 14.0. The van der Waals surface area contributed by atoms with E-state index < -0.39 is 19.1 Å². The molecule has 0 aromatic heterocycles. The number of hydrogen-bond donors (Lipinski definition) is 0. The topological polar surface area (TPSA) is 17.1 Å². The van der Waals surface area contributed by atoms with Crippen molar-refractivity contribution in [2.45, 2.75) is 12.3 Å². The van der Waals surface area contributed by atoms with Gasteiger partial charge in [-0.3, -0.25) is 4.57 Å². The van der Waals surface area contributed by atoms with Gasteiger partial charge < -0.3 is 0 Å². The van der Waals surface area contributed by atoms with Crippen LogP contribution < -0.4 is 0 Å². The van der Waals surface area contributed by atoms with Crippen molar-refractivity contribution in [3.8, 4) is 0 Å². The van der Waals surface area contributed by atoms with Crippen LogP contribution in [0, 0.1) is 11.6 Å². The molecular weight excluding hydrogens is 272 g/mol. The highest BCUT2D eigenvalue weighted by molar-refractivity contribution is 7.56. The molecule has 0 aliphatic carbocycles. The lowest BCUT2D eigenvalue weighted by molar-refractivity contribution is 0.537. The Morgan fingerprint density at radius 1 is 0.737 bits per heavy atom. The summed E-state index contributed by atoms with van der Waals surface area (Å²) in [7, 11) is -3.91. The molecule has 5 heteroatoms. The third-order valence-corrected chi connectivity index (χ3v) is 4.34. The first-order valence-electron chi connectivity index (χ1n) is 5.71. The van der Waals surface area contributed by atoms with Gasteiger partial charge in [-0.2, -0.15) is 4.20 Å². The van der Waals surface area contributed by atoms with Gasteiger partial charge in [-0.15, -0.1) is 0 Å². The minimum atomic E-state index is -3.91. The lowest BCUT2D eigenvalue weighted by atomic mass is 10.2. The first-order valence-corrected chi connectivity index (χ1v) is 7.68. The maximum absolute atomic E-state index is 14.0. The molecule has 0 amide bonds. The fourth-order valence-corrected chi connectivity index (χ4v) is 3.40. The second-order valence-corrected chi connectivity index (χ2v) is 6.57. The van der Waals surface area contributed by atoms with Gasteiger partial charge in [0.1, 0.15) is 11.6 Å². The molecule has 0 radical (unpaired) electrons. The smallest absolute Gasteiger partial charge is 0.252 e. The van der Waals surface area contributed by atoms with Gasteiger partial charge in [0, 0.05) is 0 Å². The minimum absolute atomic E-state index is 0.245. The highest BCUT2D eigenvalue weighted by Crippen LogP contribution is 2.53. The molecule has 0 aliphatic rings. The van der Waals surface area contributed by atoms with Gasteiger partial charge >= 0.3 is 0 Å². The molecule has 2 rings (SSSR count). The van der Waals surface area contributed by atoms with Crippen LogP contribution in [0.1, 0.15) is 11.1 Å². The van der Waals surface area contributed by atoms with Crippen LogP contribution >= 0.6 is 7.45 Å². The zero-order valence-corrected chi connectivity index (χ0v) is 10.9. The Labute approximate surface area is 109 Å². The summed E-state index contributed by atoms with van der Waals surface area (Å²) in [6, 6.07) is 10.4. The lowest BCUT2D eigenvalue weighted by Crippen LogP contribution is -1.90. The highest BCUT2D eigenvalue weighted by Gasteiger charge is 2.22. The molecule has 100 valence electrons. The van der Waals surface area contributed by atoms with Crippen LogP contribution in [0.15, 0.2) is 48.5 Å². The van der Waals surface area contributed by atoms with Crippen LogP contribution in [0.3, 0.4) is 0 Å². The van der Waals surface area contributed by atoms with E-state index in [0.717, 1.165) is 0 Å². The molecule has 19 heavy (non-hydrogen) atoms. The first-order chi connectivity index (χ1) is 8.94. The fraction of sp³-hybridized carbons (Fsp3) is 0.143. The third-order valence-electron chi connectivity index (χ3n) is 2.66. The van der Waals surface area contributed by atoms with E-state index in [2.05, 4.69) is 0 Å². The largest absolute Gasteiger partial charge is 0.287 e. The number of halogens is 3. The van der Waals surface area contributed by atoms with Gasteiger partial charge in [0.05, 0.1) is 12.3 Å². The van der Waals surface area contributed by atoms with Crippen molar-refractivity contribution in [3.63, 3.8) is 0 Å². The summed E-state index contributed by atoms with van der Waals surface area (Å²) in [4.78, 5) is 0. The van der Waals surface area contributed by atoms with Crippen LogP contribution in [0.2, 0.25) is 0 Å². The molecule has 0 N–H and O–H groups in total. The molecule has 0 fully saturated rings. The van der Waals surface area contributed by atoms with Gasteiger partial charge in [-0.25, -0.2) is 8.78 Å². The monoisotopic (exact) mass is 284 g/mol. The predicted molar refractivity (Wildman–Crippen MR) is 68.9 cm³/mol. The van der Waals surface area contributed by atoms with E-state index >= 15 is 0 Å². The Balaban J connectivity index is 2.08. The second-order valence-electron chi connectivity index (χ2n) is 4.36. The van der Waals surface area contributed by atoms with E-state index in [0.29, 0.717) is 11.1 Å². The number of rotatable bonds is 4. The average molecular weight is 284 g/mol. The number of hydrogen-bond acceptors (Lipinski definition) is 1. The highest BCUT2D eigenvalue weighted by atomic mass is 31.2. The van der Waals surface area contributed by atoms with Gasteiger partial charge in [-0.05, 0) is 35.4 Å². The van der Waals surface area contributed by atoms with Crippen molar-refractivity contribution in [1.82, 2.24) is 0 Å². The zero-order valence-electron chi connectivity index (χ0n) is 10.0. The van der Waals surface area contributed by atoms with Gasteiger partial charge in [0.15, 0.2) is 0 Å². The van der Waals surface area contributed by atoms with Crippen molar-refractivity contribution in [2.24, 2.45) is 0 Å². The Kier molecular flexibility index (Phi) is 4.11. The van der Waals surface area contributed by atoms with E-state index in [1.807, 2.05) is 0 Å². The summed E-state index contributed by atoms with van der Waals surface area (Å²) < 4.78 is 51.3. The molecule has 0 unspecified atom stereocenters. The van der Waals surface area contributed by atoms with Crippen LogP contribution in [-0.2, 0) is 16.9 Å². The Morgan fingerprint density at radius 2 is 1.05 bits per heavy atom. The minimum Gasteiger partial charge on any atom is -0.287 e. The van der Waals surface area contributed by atoms with E-state index in [1.54, 1.807) is 0 Å². The Bertz CT molecular complexity index is 542. The van der Waals surface area contributed by atoms with Gasteiger partial charge in [-0.1, -0.05) is 24.3 Å². The quantitative estimate of drug-likeness (QED) is 0.729. The van der Waals surface area contributed by atoms with Crippen LogP contribution in [0.5, 0.6) is 0 Å². The lowest BCUT2D eigenvalue weighted by Gasteiger charge is -2.09. The SMILES string of the molecule is O=P(F)(Cc1ccc(F)cc1)Cc1ccc(F)cc1. The number of benzene rings is 2. The molecule has 0 spiro atoms. The van der Waals surface area contributed by atoms with Crippen molar-refractivity contribution < 1.29 is 17.5 Å². The molecule has 0 aliphatic heterocycles. The molecule has 0 atom stereocenters. The van der Waals surface area contributed by atoms with Crippen molar-refractivity contribution in [1.29, 1.82) is 0 Å². The van der Waals surface area contributed by atoms with E-state index in [4.69, 9.17) is 0 Å². The normalized spacial score (nSPS) is 11.5. The summed E-state index contributed by atoms with van der Waals surface area (Å²) in [5.74, 6) is -0.841. The molecular formula is C14H12F3OP. The second kappa shape index (κ2) is 5.62. The zero-order chi connectivity index (χ0) is 13.9. The van der Waals surface area contributed by atoms with Crippen LogP contribution in [0.25, 0.3) is 0 Å². The molecule has 0 saturated carbocycles. The maximum Gasteiger partial charge on any atom is 0.252 e. The summed E-state index contributed by atoms with van der Waals surface area (Å²) >= 11 is 0. The standard InChI is InChI=1S/C14H12F3OP/c15-13-5-1-11(2-6-13)9-19(17,18)10-12-3-7-14(16)8-4-12/h1-8H,9-10H2. The molecule has 2 aromatic rings. The molecule has 0 saturated heterocycles. The van der Waals surface area contributed by atoms with Gasteiger partial charge in [0.2, 0.25) is 0 Å². The fourth-order valence-electron chi connectivity index (χ4n) is 1.78. The van der Waals surface area contributed by atoms with E-state index in [1.165, 1.54) is 48.5 Å². The van der Waals surface area contributed by atoms with E-state index in [9.17, 15) is 17.5 Å². The Hall–Kier alpha value is -1.54. The van der Waals surface area contributed by atoms with Gasteiger partial charge in [0.25, 0.3) is 7.45 Å². The molecule has 2 aromatic carbocycles. The first kappa shape index (κ1) is 13.9. The molecule has 0 bridgehead atoms. The Morgan fingerprint density at radius 3 is 1.37 bits per heavy atom. The van der Waals surface area contributed by atoms with Crippen molar-refractivity contribution in [2.75, 3.05) is 0 Å². The molecule has 0 heterocycles. The van der Waals surface area contributed by atoms with E-state index in [-0.39, 0.29) is 12.3 Å². The molecule has 1 nitrogen and oxygen atoms in total. The summed E-state index contributed by atoms with van der Waals surface area (Å²) in [5.41, 5.74) is 0.962. The van der Waals surface area contributed by atoms with Crippen molar-refractivity contribution in [3.05, 3.63) is 71.3 Å². The summed E-state index contributed by atoms with van der Waals surface area (Å²) in [5, 5.41) is 0. The van der Waals surface area contributed by atoms with Crippen LogP contribution in [0.4, 0.5) is 13.0 Å². The van der Waals surface area contributed by atoms with Crippen molar-refractivity contribution >= 4 is 7.45 Å². The summed E-state index contributed by atoms with van der Waals surface area (Å²) in [6.45, 7) is 0. The average Bonchev–Trinajstić information content (AvgIpc) is 2.34. The third kappa shape index (κ3) is 4.25.